The molecule has 1 aromatic heterocycles. The van der Waals surface area contributed by atoms with Crippen LogP contribution in [0.25, 0.3) is 10.2 Å². The normalized spacial score (nSPS) is 18.9. The summed E-state index contributed by atoms with van der Waals surface area (Å²) < 4.78 is 11.8. The predicted octanol–water partition coefficient (Wildman–Crippen LogP) is 3.55. The fourth-order valence-corrected chi connectivity index (χ4v) is 3.36. The lowest BCUT2D eigenvalue weighted by Crippen LogP contribution is -2.18. The fraction of sp³-hybridized carbons (Fsp3) is 0.462. The van der Waals surface area contributed by atoms with Crippen LogP contribution in [-0.2, 0) is 4.74 Å². The number of anilines is 1. The first-order valence-electron chi connectivity index (χ1n) is 6.26. The number of halogens is 1. The zero-order valence-corrected chi connectivity index (χ0v) is 12.2. The number of hydrogen-bond donors (Lipinski definition) is 1. The van der Waals surface area contributed by atoms with Crippen molar-refractivity contribution < 1.29 is 9.47 Å². The highest BCUT2D eigenvalue weighted by Crippen LogP contribution is 2.37. The van der Waals surface area contributed by atoms with Crippen molar-refractivity contribution in [2.24, 2.45) is 0 Å². The van der Waals surface area contributed by atoms with Gasteiger partial charge in [-0.05, 0) is 25.0 Å². The Labute approximate surface area is 120 Å². The Kier molecular flexibility index (Phi) is 3.77. The van der Waals surface area contributed by atoms with Crippen LogP contribution in [0.15, 0.2) is 12.1 Å². The summed E-state index contributed by atoms with van der Waals surface area (Å²) in [6.45, 7) is 1.66. The van der Waals surface area contributed by atoms with Crippen molar-refractivity contribution in [3.8, 4) is 5.75 Å². The molecule has 1 fully saturated rings. The number of nitrogens with zero attached hydrogens (tertiary/aromatic N) is 1. The molecule has 6 heteroatoms. The van der Waals surface area contributed by atoms with Gasteiger partial charge < -0.3 is 14.8 Å². The van der Waals surface area contributed by atoms with Crippen LogP contribution in [0, 0.1) is 0 Å². The SMILES string of the molecule is COc1ccc(Cl)c2sc(NC[C@@H]3CCCO3)nc12. The maximum atomic E-state index is 6.19. The minimum Gasteiger partial charge on any atom is -0.494 e. The van der Waals surface area contributed by atoms with Gasteiger partial charge in [0, 0.05) is 13.2 Å². The van der Waals surface area contributed by atoms with Gasteiger partial charge in [0.2, 0.25) is 0 Å². The van der Waals surface area contributed by atoms with Gasteiger partial charge in [0.1, 0.15) is 11.3 Å². The Hall–Kier alpha value is -1.04. The standard InChI is InChI=1S/C13H15ClN2O2S/c1-17-10-5-4-9(14)12-11(10)16-13(19-12)15-7-8-3-2-6-18-8/h4-5,8H,2-3,6-7H2,1H3,(H,15,16)/t8-/m0/s1. The van der Waals surface area contributed by atoms with Gasteiger partial charge in [0.05, 0.1) is 22.9 Å². The molecule has 1 N–H and O–H groups in total. The van der Waals surface area contributed by atoms with Gasteiger partial charge in [0.25, 0.3) is 0 Å². The Bertz CT molecular complexity index is 581. The molecule has 2 aromatic rings. The first-order valence-corrected chi connectivity index (χ1v) is 7.46. The van der Waals surface area contributed by atoms with Crippen LogP contribution in [0.4, 0.5) is 5.13 Å². The van der Waals surface area contributed by atoms with E-state index in [0.29, 0.717) is 11.1 Å². The highest BCUT2D eigenvalue weighted by Gasteiger charge is 2.17. The number of thiazole rings is 1. The number of benzene rings is 1. The van der Waals surface area contributed by atoms with Crippen molar-refractivity contribution in [3.63, 3.8) is 0 Å². The molecule has 0 bridgehead atoms. The molecular formula is C13H15ClN2O2S. The molecule has 2 heterocycles. The Morgan fingerprint density at radius 2 is 2.47 bits per heavy atom. The number of nitrogens with one attached hydrogen (secondary N) is 1. The van der Waals surface area contributed by atoms with E-state index in [2.05, 4.69) is 10.3 Å². The van der Waals surface area contributed by atoms with Crippen LogP contribution < -0.4 is 10.1 Å². The Morgan fingerprint density at radius 1 is 1.58 bits per heavy atom. The number of ether oxygens (including phenoxy) is 2. The van der Waals surface area contributed by atoms with Crippen LogP contribution in [0.5, 0.6) is 5.75 Å². The molecule has 4 nitrogen and oxygen atoms in total. The van der Waals surface area contributed by atoms with E-state index in [9.17, 15) is 0 Å². The second-order valence-corrected chi connectivity index (χ2v) is 5.87. The molecule has 102 valence electrons. The van der Waals surface area contributed by atoms with Crippen molar-refractivity contribution >= 4 is 38.3 Å². The van der Waals surface area contributed by atoms with Crippen molar-refractivity contribution in [3.05, 3.63) is 17.2 Å². The predicted molar refractivity (Wildman–Crippen MR) is 78.6 cm³/mol. The molecule has 1 aromatic carbocycles. The maximum absolute atomic E-state index is 6.19. The highest BCUT2D eigenvalue weighted by molar-refractivity contribution is 7.22. The minimum absolute atomic E-state index is 0.296. The van der Waals surface area contributed by atoms with Gasteiger partial charge >= 0.3 is 0 Å². The summed E-state index contributed by atoms with van der Waals surface area (Å²) in [7, 11) is 1.64. The smallest absolute Gasteiger partial charge is 0.184 e. The summed E-state index contributed by atoms with van der Waals surface area (Å²) in [6, 6.07) is 3.68. The second-order valence-electron chi connectivity index (χ2n) is 4.46. The first kappa shape index (κ1) is 13.0. The third-order valence-corrected chi connectivity index (χ3v) is 4.66. The molecule has 0 saturated carbocycles. The lowest BCUT2D eigenvalue weighted by Gasteiger charge is -2.08. The van der Waals surface area contributed by atoms with Crippen LogP contribution in [-0.4, -0.2) is 31.3 Å². The van der Waals surface area contributed by atoms with Gasteiger partial charge in [0.15, 0.2) is 5.13 Å². The van der Waals surface area contributed by atoms with E-state index in [-0.39, 0.29) is 0 Å². The molecule has 0 amide bonds. The lowest BCUT2D eigenvalue weighted by atomic mass is 10.2. The molecule has 0 spiro atoms. The quantitative estimate of drug-likeness (QED) is 0.937. The summed E-state index contributed by atoms with van der Waals surface area (Å²) in [5.74, 6) is 0.751. The molecule has 0 radical (unpaired) electrons. The van der Waals surface area contributed by atoms with Gasteiger partial charge in [-0.2, -0.15) is 0 Å². The van der Waals surface area contributed by atoms with E-state index in [4.69, 9.17) is 21.1 Å². The molecule has 0 unspecified atom stereocenters. The average molecular weight is 299 g/mol. The van der Waals surface area contributed by atoms with E-state index in [1.807, 2.05) is 12.1 Å². The Balaban J connectivity index is 1.82. The monoisotopic (exact) mass is 298 g/mol. The Morgan fingerprint density at radius 3 is 3.21 bits per heavy atom. The molecular weight excluding hydrogens is 284 g/mol. The number of rotatable bonds is 4. The topological polar surface area (TPSA) is 43.4 Å². The van der Waals surface area contributed by atoms with Gasteiger partial charge in [-0.15, -0.1) is 0 Å². The lowest BCUT2D eigenvalue weighted by molar-refractivity contribution is 0.120. The summed E-state index contributed by atoms with van der Waals surface area (Å²) in [4.78, 5) is 4.55. The van der Waals surface area contributed by atoms with E-state index >= 15 is 0 Å². The van der Waals surface area contributed by atoms with Crippen LogP contribution in [0.2, 0.25) is 5.02 Å². The zero-order valence-electron chi connectivity index (χ0n) is 10.6. The average Bonchev–Trinajstić information content (AvgIpc) is 3.06. The van der Waals surface area contributed by atoms with E-state index in [0.717, 1.165) is 47.1 Å². The number of hydrogen-bond acceptors (Lipinski definition) is 5. The molecule has 3 rings (SSSR count). The first-order chi connectivity index (χ1) is 9.28. The minimum atomic E-state index is 0.296. The third kappa shape index (κ3) is 2.63. The molecule has 1 aliphatic heterocycles. The van der Waals surface area contributed by atoms with Crippen LogP contribution in [0.3, 0.4) is 0 Å². The second kappa shape index (κ2) is 5.53. The zero-order chi connectivity index (χ0) is 13.2. The number of fused-ring (bicyclic) bond motifs is 1. The summed E-state index contributed by atoms with van der Waals surface area (Å²) in [5, 5.41) is 4.89. The van der Waals surface area contributed by atoms with Crippen LogP contribution in [0.1, 0.15) is 12.8 Å². The van der Waals surface area contributed by atoms with E-state index in [1.165, 1.54) is 0 Å². The van der Waals surface area contributed by atoms with E-state index < -0.39 is 0 Å². The van der Waals surface area contributed by atoms with Crippen molar-refractivity contribution in [2.45, 2.75) is 18.9 Å². The van der Waals surface area contributed by atoms with Gasteiger partial charge in [-0.3, -0.25) is 0 Å². The number of aromatic nitrogens is 1. The summed E-state index contributed by atoms with van der Waals surface area (Å²) >= 11 is 7.74. The fourth-order valence-electron chi connectivity index (χ4n) is 2.20. The third-order valence-electron chi connectivity index (χ3n) is 3.18. The largest absolute Gasteiger partial charge is 0.494 e. The molecule has 1 saturated heterocycles. The molecule has 0 aliphatic carbocycles. The maximum Gasteiger partial charge on any atom is 0.184 e. The summed E-state index contributed by atoms with van der Waals surface area (Å²) in [6.07, 6.45) is 2.55. The van der Waals surface area contributed by atoms with Gasteiger partial charge in [-0.25, -0.2) is 4.98 Å². The van der Waals surface area contributed by atoms with Crippen LogP contribution >= 0.6 is 22.9 Å². The highest BCUT2D eigenvalue weighted by atomic mass is 35.5. The molecule has 1 atom stereocenters. The van der Waals surface area contributed by atoms with Crippen molar-refractivity contribution in [2.75, 3.05) is 25.6 Å². The van der Waals surface area contributed by atoms with Gasteiger partial charge in [-0.1, -0.05) is 22.9 Å². The summed E-state index contributed by atoms with van der Waals surface area (Å²) in [5.41, 5.74) is 0.815. The molecule has 1 aliphatic rings. The van der Waals surface area contributed by atoms with E-state index in [1.54, 1.807) is 18.4 Å². The number of methoxy groups -OCH3 is 1. The molecule has 19 heavy (non-hydrogen) atoms. The van der Waals surface area contributed by atoms with Crippen molar-refractivity contribution in [1.82, 2.24) is 4.98 Å². The van der Waals surface area contributed by atoms with Crippen molar-refractivity contribution in [1.29, 1.82) is 0 Å².